The maximum atomic E-state index is 10.9. The molecule has 0 amide bonds. The second-order valence-electron chi connectivity index (χ2n) is 5.89. The summed E-state index contributed by atoms with van der Waals surface area (Å²) in [6, 6.07) is 7.74. The van der Waals surface area contributed by atoms with Crippen molar-refractivity contribution in [3.8, 4) is 0 Å². The normalized spacial score (nSPS) is 25.7. The summed E-state index contributed by atoms with van der Waals surface area (Å²) in [7, 11) is 0. The number of hydrogen-bond donors (Lipinski definition) is 3. The molecule has 4 nitrogen and oxygen atoms in total. The van der Waals surface area contributed by atoms with Gasteiger partial charge in [0, 0.05) is 11.6 Å². The average Bonchev–Trinajstić information content (AvgIpc) is 2.46. The van der Waals surface area contributed by atoms with E-state index in [2.05, 4.69) is 5.32 Å². The third kappa shape index (κ3) is 4.99. The Hall–Kier alpha value is -1.10. The van der Waals surface area contributed by atoms with Crippen LogP contribution in [0.4, 0.5) is 0 Å². The Morgan fingerprint density at radius 2 is 1.90 bits per heavy atom. The fourth-order valence-electron chi connectivity index (χ4n) is 2.78. The van der Waals surface area contributed by atoms with Gasteiger partial charge in [0.25, 0.3) is 0 Å². The second-order valence-corrected chi connectivity index (χ2v) is 6.33. The van der Waals surface area contributed by atoms with E-state index in [9.17, 15) is 9.90 Å². The molecule has 116 valence electrons. The highest BCUT2D eigenvalue weighted by Gasteiger charge is 2.35. The molecule has 1 aromatic rings. The summed E-state index contributed by atoms with van der Waals surface area (Å²) in [6.07, 6.45) is 3.11. The molecule has 1 aliphatic rings. The van der Waals surface area contributed by atoms with E-state index in [1.165, 1.54) is 5.56 Å². The molecule has 0 heterocycles. The summed E-state index contributed by atoms with van der Waals surface area (Å²) in [5.74, 6) is -1.04. The predicted molar refractivity (Wildman–Crippen MR) is 82.6 cm³/mol. The average molecular weight is 312 g/mol. The van der Waals surface area contributed by atoms with Crippen LogP contribution in [0.15, 0.2) is 24.3 Å². The Balaban J connectivity index is 1.68. The molecule has 0 bridgehead atoms. The third-order valence-corrected chi connectivity index (χ3v) is 4.48. The number of benzene rings is 1. The van der Waals surface area contributed by atoms with Gasteiger partial charge in [-0.2, -0.15) is 0 Å². The van der Waals surface area contributed by atoms with Crippen LogP contribution in [0, 0.1) is 5.92 Å². The quantitative estimate of drug-likeness (QED) is 0.706. The molecule has 3 N–H and O–H groups in total. The number of carboxylic acids is 1. The lowest BCUT2D eigenvalue weighted by atomic mass is 9.79. The van der Waals surface area contributed by atoms with Crippen molar-refractivity contribution in [2.75, 3.05) is 13.1 Å². The molecular formula is C16H22ClNO3. The Kier molecular flexibility index (Phi) is 5.62. The van der Waals surface area contributed by atoms with Gasteiger partial charge in [0.2, 0.25) is 0 Å². The van der Waals surface area contributed by atoms with Crippen molar-refractivity contribution < 1.29 is 15.0 Å². The molecule has 0 aromatic heterocycles. The van der Waals surface area contributed by atoms with Gasteiger partial charge in [0.1, 0.15) is 0 Å². The van der Waals surface area contributed by atoms with E-state index >= 15 is 0 Å². The van der Waals surface area contributed by atoms with E-state index in [1.807, 2.05) is 24.3 Å². The summed E-state index contributed by atoms with van der Waals surface area (Å²) >= 11 is 5.84. The second kappa shape index (κ2) is 7.25. The minimum atomic E-state index is -0.758. The zero-order valence-electron chi connectivity index (χ0n) is 12.0. The molecular weight excluding hydrogens is 290 g/mol. The largest absolute Gasteiger partial charge is 0.481 e. The Morgan fingerprint density at radius 3 is 2.48 bits per heavy atom. The van der Waals surface area contributed by atoms with Crippen LogP contribution in [0.1, 0.15) is 31.2 Å². The Morgan fingerprint density at radius 1 is 1.29 bits per heavy atom. The first-order valence-corrected chi connectivity index (χ1v) is 7.77. The zero-order valence-corrected chi connectivity index (χ0v) is 12.8. The van der Waals surface area contributed by atoms with Crippen LogP contribution in [-0.2, 0) is 11.2 Å². The van der Waals surface area contributed by atoms with Crippen LogP contribution in [-0.4, -0.2) is 34.9 Å². The van der Waals surface area contributed by atoms with E-state index in [0.717, 1.165) is 18.0 Å². The number of carbonyl (C=O) groups is 1. The smallest absolute Gasteiger partial charge is 0.306 e. The molecule has 1 aromatic carbocycles. The monoisotopic (exact) mass is 311 g/mol. The first-order chi connectivity index (χ1) is 9.98. The zero-order chi connectivity index (χ0) is 15.3. The van der Waals surface area contributed by atoms with E-state index < -0.39 is 11.6 Å². The van der Waals surface area contributed by atoms with Crippen molar-refractivity contribution in [3.63, 3.8) is 0 Å². The summed E-state index contributed by atoms with van der Waals surface area (Å²) in [4.78, 5) is 10.9. The van der Waals surface area contributed by atoms with E-state index in [1.54, 1.807) is 0 Å². The molecule has 1 saturated carbocycles. The van der Waals surface area contributed by atoms with E-state index in [0.29, 0.717) is 32.2 Å². The Bertz CT molecular complexity index is 467. The maximum absolute atomic E-state index is 10.9. The third-order valence-electron chi connectivity index (χ3n) is 4.22. The van der Waals surface area contributed by atoms with Crippen molar-refractivity contribution in [1.29, 1.82) is 0 Å². The lowest BCUT2D eigenvalue weighted by Crippen LogP contribution is -2.44. The molecule has 0 unspecified atom stereocenters. The van der Waals surface area contributed by atoms with Crippen LogP contribution in [0.3, 0.4) is 0 Å². The molecule has 1 fully saturated rings. The molecule has 2 rings (SSSR count). The minimum absolute atomic E-state index is 0.292. The minimum Gasteiger partial charge on any atom is -0.481 e. The van der Waals surface area contributed by atoms with Gasteiger partial charge in [-0.05, 0) is 56.3 Å². The summed E-state index contributed by atoms with van der Waals surface area (Å²) in [5.41, 5.74) is 0.444. The number of aliphatic carboxylic acids is 1. The molecule has 0 radical (unpaired) electrons. The topological polar surface area (TPSA) is 69.6 Å². The summed E-state index contributed by atoms with van der Waals surface area (Å²) < 4.78 is 0. The SMILES string of the molecule is O=C(O)C1CCC(O)(CNCCc2ccc(Cl)cc2)CC1. The molecule has 0 atom stereocenters. The van der Waals surface area contributed by atoms with Gasteiger partial charge in [0.05, 0.1) is 11.5 Å². The number of aliphatic hydroxyl groups is 1. The summed E-state index contributed by atoms with van der Waals surface area (Å²) in [5, 5.41) is 23.4. The first-order valence-electron chi connectivity index (χ1n) is 7.39. The number of carboxylic acid groups (broad SMARTS) is 1. The van der Waals surface area contributed by atoms with Crippen molar-refractivity contribution >= 4 is 17.6 Å². The van der Waals surface area contributed by atoms with Gasteiger partial charge in [-0.15, -0.1) is 0 Å². The van der Waals surface area contributed by atoms with Gasteiger partial charge in [-0.25, -0.2) is 0 Å². The molecule has 21 heavy (non-hydrogen) atoms. The number of rotatable bonds is 6. The number of hydrogen-bond acceptors (Lipinski definition) is 3. The summed E-state index contributed by atoms with van der Waals surface area (Å²) in [6.45, 7) is 1.30. The van der Waals surface area contributed by atoms with Gasteiger partial charge in [0.15, 0.2) is 0 Å². The lowest BCUT2D eigenvalue weighted by Gasteiger charge is -2.34. The highest BCUT2D eigenvalue weighted by Crippen LogP contribution is 2.31. The molecule has 0 spiro atoms. The standard InChI is InChI=1S/C16H22ClNO3/c17-14-3-1-12(2-4-14)7-10-18-11-16(21)8-5-13(6-9-16)15(19)20/h1-4,13,18,21H,5-11H2,(H,19,20). The lowest BCUT2D eigenvalue weighted by molar-refractivity contribution is -0.144. The molecule has 0 saturated heterocycles. The van der Waals surface area contributed by atoms with Crippen LogP contribution in [0.5, 0.6) is 0 Å². The van der Waals surface area contributed by atoms with Crippen molar-refractivity contribution in [3.05, 3.63) is 34.9 Å². The van der Waals surface area contributed by atoms with E-state index in [-0.39, 0.29) is 5.92 Å². The fraction of sp³-hybridized carbons (Fsp3) is 0.562. The maximum Gasteiger partial charge on any atom is 0.306 e. The number of nitrogens with one attached hydrogen (secondary N) is 1. The van der Waals surface area contributed by atoms with Crippen LogP contribution >= 0.6 is 11.6 Å². The number of halogens is 1. The van der Waals surface area contributed by atoms with Crippen molar-refractivity contribution in [2.45, 2.75) is 37.7 Å². The Labute approximate surface area is 130 Å². The molecule has 1 aliphatic carbocycles. The van der Waals surface area contributed by atoms with Gasteiger partial charge in [-0.1, -0.05) is 23.7 Å². The van der Waals surface area contributed by atoms with Crippen LogP contribution in [0.25, 0.3) is 0 Å². The van der Waals surface area contributed by atoms with E-state index in [4.69, 9.17) is 16.7 Å². The van der Waals surface area contributed by atoms with Crippen molar-refractivity contribution in [1.82, 2.24) is 5.32 Å². The molecule has 0 aliphatic heterocycles. The van der Waals surface area contributed by atoms with Gasteiger partial charge < -0.3 is 15.5 Å². The molecule has 5 heteroatoms. The van der Waals surface area contributed by atoms with Crippen molar-refractivity contribution in [2.24, 2.45) is 5.92 Å². The van der Waals surface area contributed by atoms with Crippen LogP contribution < -0.4 is 5.32 Å². The predicted octanol–water partition coefficient (Wildman–Crippen LogP) is 2.48. The van der Waals surface area contributed by atoms with Crippen LogP contribution in [0.2, 0.25) is 5.02 Å². The highest BCUT2D eigenvalue weighted by molar-refractivity contribution is 6.30. The van der Waals surface area contributed by atoms with Gasteiger partial charge >= 0.3 is 5.97 Å². The highest BCUT2D eigenvalue weighted by atomic mass is 35.5. The fourth-order valence-corrected chi connectivity index (χ4v) is 2.91. The van der Waals surface area contributed by atoms with Gasteiger partial charge in [-0.3, -0.25) is 4.79 Å². The first kappa shape index (κ1) is 16.3.